The average Bonchev–Trinajstić information content (AvgIpc) is 2.40. The van der Waals surface area contributed by atoms with Crippen molar-refractivity contribution in [3.8, 4) is 5.75 Å². The van der Waals surface area contributed by atoms with Gasteiger partial charge in [-0.2, -0.15) is 0 Å². The summed E-state index contributed by atoms with van der Waals surface area (Å²) in [6.07, 6.45) is -0.347. The molecule has 7 heteroatoms. The second kappa shape index (κ2) is 6.10. The summed E-state index contributed by atoms with van der Waals surface area (Å²) in [6, 6.07) is 12.3. The number of aromatic hydroxyl groups is 1. The number of rotatable bonds is 4. The Balaban J connectivity index is 2.09. The standard InChI is InChI=1S/C14H14NO5P/c16-13-4-2-1-3-12(13)14(17)15-11-7-5-10(6-8-11)9-21(18,19)20/h1-8,16H,9H2,(H,15,17)(H2,18,19,20). The van der Waals surface area contributed by atoms with Gasteiger partial charge in [0.05, 0.1) is 11.7 Å². The number of amides is 1. The molecule has 0 aromatic heterocycles. The van der Waals surface area contributed by atoms with Crippen molar-refractivity contribution in [3.63, 3.8) is 0 Å². The van der Waals surface area contributed by atoms with Gasteiger partial charge in [0, 0.05) is 5.69 Å². The van der Waals surface area contributed by atoms with Gasteiger partial charge in [0.15, 0.2) is 0 Å². The Bertz CT molecular complexity index is 693. The van der Waals surface area contributed by atoms with Crippen molar-refractivity contribution in [1.82, 2.24) is 0 Å². The fraction of sp³-hybridized carbons (Fsp3) is 0.0714. The molecule has 4 N–H and O–H groups in total. The highest BCUT2D eigenvalue weighted by Gasteiger charge is 2.14. The predicted octanol–water partition coefficient (Wildman–Crippen LogP) is 2.32. The summed E-state index contributed by atoms with van der Waals surface area (Å²) in [5, 5.41) is 12.2. The van der Waals surface area contributed by atoms with Crippen LogP contribution in [0.5, 0.6) is 5.75 Å². The van der Waals surface area contributed by atoms with Gasteiger partial charge in [-0.05, 0) is 29.8 Å². The number of anilines is 1. The van der Waals surface area contributed by atoms with Crippen LogP contribution in [0.4, 0.5) is 5.69 Å². The molecule has 0 aliphatic rings. The average molecular weight is 307 g/mol. The van der Waals surface area contributed by atoms with Crippen molar-refractivity contribution >= 4 is 19.2 Å². The zero-order chi connectivity index (χ0) is 15.5. The lowest BCUT2D eigenvalue weighted by Crippen LogP contribution is -2.11. The maximum absolute atomic E-state index is 12.0. The van der Waals surface area contributed by atoms with Crippen molar-refractivity contribution in [2.24, 2.45) is 0 Å². The first-order valence-corrected chi connectivity index (χ1v) is 7.88. The zero-order valence-electron chi connectivity index (χ0n) is 10.9. The molecule has 2 aromatic carbocycles. The lowest BCUT2D eigenvalue weighted by Gasteiger charge is -2.08. The van der Waals surface area contributed by atoms with Gasteiger partial charge in [0.2, 0.25) is 0 Å². The monoisotopic (exact) mass is 307 g/mol. The van der Waals surface area contributed by atoms with Crippen LogP contribution in [0.25, 0.3) is 0 Å². The van der Waals surface area contributed by atoms with Gasteiger partial charge in [0.1, 0.15) is 5.75 Å². The Labute approximate surface area is 121 Å². The van der Waals surface area contributed by atoms with E-state index in [1.165, 1.54) is 24.3 Å². The summed E-state index contributed by atoms with van der Waals surface area (Å²) in [7, 11) is -4.11. The third kappa shape index (κ3) is 4.43. The Morgan fingerprint density at radius 2 is 1.67 bits per heavy atom. The smallest absolute Gasteiger partial charge is 0.329 e. The second-order valence-corrected chi connectivity index (χ2v) is 6.14. The number of hydrogen-bond acceptors (Lipinski definition) is 3. The van der Waals surface area contributed by atoms with Gasteiger partial charge in [-0.1, -0.05) is 24.3 Å². The summed E-state index contributed by atoms with van der Waals surface area (Å²) in [4.78, 5) is 29.7. The molecular formula is C14H14NO5P. The van der Waals surface area contributed by atoms with E-state index in [0.29, 0.717) is 11.3 Å². The molecule has 6 nitrogen and oxygen atoms in total. The van der Waals surface area contributed by atoms with Crippen LogP contribution >= 0.6 is 7.60 Å². The molecule has 0 fully saturated rings. The molecule has 0 atom stereocenters. The van der Waals surface area contributed by atoms with Crippen molar-refractivity contribution < 1.29 is 24.3 Å². The number of hydrogen-bond donors (Lipinski definition) is 4. The number of carbonyl (C=O) groups excluding carboxylic acids is 1. The third-order valence-electron chi connectivity index (χ3n) is 2.75. The highest BCUT2D eigenvalue weighted by atomic mass is 31.2. The number of para-hydroxylation sites is 1. The Hall–Kier alpha value is -2.14. The number of nitrogens with one attached hydrogen (secondary N) is 1. The summed E-state index contributed by atoms with van der Waals surface area (Å²) < 4.78 is 10.9. The number of phenolic OH excluding ortho intramolecular Hbond substituents is 1. The van der Waals surface area contributed by atoms with Crippen LogP contribution in [0.1, 0.15) is 15.9 Å². The van der Waals surface area contributed by atoms with E-state index < -0.39 is 13.5 Å². The lowest BCUT2D eigenvalue weighted by atomic mass is 10.1. The molecule has 0 saturated heterocycles. The minimum absolute atomic E-state index is 0.117. The topological polar surface area (TPSA) is 107 Å². The van der Waals surface area contributed by atoms with Crippen LogP contribution < -0.4 is 5.32 Å². The van der Waals surface area contributed by atoms with E-state index in [0.717, 1.165) is 0 Å². The van der Waals surface area contributed by atoms with E-state index in [9.17, 15) is 14.5 Å². The molecule has 0 aliphatic heterocycles. The molecule has 2 aromatic rings. The summed E-state index contributed by atoms with van der Waals surface area (Å²) in [5.41, 5.74) is 1.10. The molecule has 110 valence electrons. The molecule has 0 unspecified atom stereocenters. The molecule has 1 amide bonds. The van der Waals surface area contributed by atoms with Gasteiger partial charge in [-0.25, -0.2) is 0 Å². The highest BCUT2D eigenvalue weighted by Crippen LogP contribution is 2.39. The predicted molar refractivity (Wildman–Crippen MR) is 78.3 cm³/mol. The zero-order valence-corrected chi connectivity index (χ0v) is 11.8. The Morgan fingerprint density at radius 3 is 2.24 bits per heavy atom. The largest absolute Gasteiger partial charge is 0.507 e. The summed E-state index contributed by atoms with van der Waals surface area (Å²) in [6.45, 7) is 0. The van der Waals surface area contributed by atoms with Gasteiger partial charge >= 0.3 is 7.60 Å². The maximum atomic E-state index is 12.0. The van der Waals surface area contributed by atoms with Gasteiger partial charge in [0.25, 0.3) is 5.91 Å². The number of benzene rings is 2. The van der Waals surface area contributed by atoms with E-state index in [2.05, 4.69) is 5.32 Å². The van der Waals surface area contributed by atoms with Gasteiger partial charge in [-0.3, -0.25) is 9.36 Å². The second-order valence-electron chi connectivity index (χ2n) is 4.49. The minimum Gasteiger partial charge on any atom is -0.507 e. The van der Waals surface area contributed by atoms with Crippen molar-refractivity contribution in [2.75, 3.05) is 5.32 Å². The van der Waals surface area contributed by atoms with Crippen molar-refractivity contribution in [3.05, 3.63) is 59.7 Å². The first-order chi connectivity index (χ1) is 9.85. The van der Waals surface area contributed by atoms with E-state index >= 15 is 0 Å². The molecular weight excluding hydrogens is 293 g/mol. The summed E-state index contributed by atoms with van der Waals surface area (Å²) in [5.74, 6) is -0.580. The highest BCUT2D eigenvalue weighted by molar-refractivity contribution is 7.50. The Morgan fingerprint density at radius 1 is 1.05 bits per heavy atom. The first-order valence-electron chi connectivity index (χ1n) is 6.08. The molecule has 0 aliphatic carbocycles. The Kier molecular flexibility index (Phi) is 4.43. The van der Waals surface area contributed by atoms with Crippen molar-refractivity contribution in [2.45, 2.75) is 6.16 Å². The van der Waals surface area contributed by atoms with Crippen LogP contribution in [0.3, 0.4) is 0 Å². The van der Waals surface area contributed by atoms with E-state index in [1.807, 2.05) is 0 Å². The van der Waals surface area contributed by atoms with Gasteiger partial charge in [-0.15, -0.1) is 0 Å². The quantitative estimate of drug-likeness (QED) is 0.648. The molecule has 0 spiro atoms. The maximum Gasteiger partial charge on any atom is 0.329 e. The molecule has 0 saturated carbocycles. The van der Waals surface area contributed by atoms with E-state index in [1.54, 1.807) is 24.3 Å². The normalized spacial score (nSPS) is 11.1. The third-order valence-corrected chi connectivity index (χ3v) is 3.53. The van der Waals surface area contributed by atoms with Crippen LogP contribution in [0.15, 0.2) is 48.5 Å². The van der Waals surface area contributed by atoms with Crippen LogP contribution in [0, 0.1) is 0 Å². The molecule has 0 bridgehead atoms. The molecule has 0 heterocycles. The SMILES string of the molecule is O=C(Nc1ccc(CP(=O)(O)O)cc1)c1ccccc1O. The van der Waals surface area contributed by atoms with E-state index in [4.69, 9.17) is 9.79 Å². The van der Waals surface area contributed by atoms with E-state index in [-0.39, 0.29) is 17.5 Å². The fourth-order valence-electron chi connectivity index (χ4n) is 1.80. The van der Waals surface area contributed by atoms with Crippen LogP contribution in [-0.2, 0) is 10.7 Å². The molecule has 21 heavy (non-hydrogen) atoms. The van der Waals surface area contributed by atoms with Crippen molar-refractivity contribution in [1.29, 1.82) is 0 Å². The summed E-state index contributed by atoms with van der Waals surface area (Å²) >= 11 is 0. The van der Waals surface area contributed by atoms with Gasteiger partial charge < -0.3 is 20.2 Å². The van der Waals surface area contributed by atoms with Crippen LogP contribution in [0.2, 0.25) is 0 Å². The minimum atomic E-state index is -4.11. The molecule has 0 radical (unpaired) electrons. The number of carbonyl (C=O) groups is 1. The van der Waals surface area contributed by atoms with Crippen LogP contribution in [-0.4, -0.2) is 20.8 Å². The lowest BCUT2D eigenvalue weighted by molar-refractivity contribution is 0.102. The fourth-order valence-corrected chi connectivity index (χ4v) is 2.48. The number of phenols is 1. The molecule has 2 rings (SSSR count). The first kappa shape index (κ1) is 15.3.